The van der Waals surface area contributed by atoms with Crippen LogP contribution < -0.4 is 10.2 Å². The quantitative estimate of drug-likeness (QED) is 0.534. The van der Waals surface area contributed by atoms with E-state index in [2.05, 4.69) is 57.9 Å². The molecule has 1 aromatic rings. The first-order valence-corrected chi connectivity index (χ1v) is 13.4. The monoisotopic (exact) mass is 498 g/mol. The number of carbonyl (C=O) groups excluding carboxylic acids is 1. The number of hydrogen-bond acceptors (Lipinski definition) is 5. The summed E-state index contributed by atoms with van der Waals surface area (Å²) >= 11 is 1.79. The Balaban J connectivity index is 0.00000167. The molecule has 0 atom stereocenters. The number of carboxylic acid groups (broad SMARTS) is 1. The molecule has 190 valence electrons. The predicted octanol–water partition coefficient (Wildman–Crippen LogP) is 5.06. The molecule has 2 amide bonds. The molecule has 2 N–H and O–H groups in total. The number of aryl methyl sites for hydroxylation is 1. The van der Waals surface area contributed by atoms with Crippen LogP contribution in [0, 0.1) is 0 Å². The lowest BCUT2D eigenvalue weighted by Crippen LogP contribution is -2.43. The first-order valence-electron chi connectivity index (χ1n) is 12.6. The lowest BCUT2D eigenvalue weighted by Gasteiger charge is -2.36. The van der Waals surface area contributed by atoms with E-state index < -0.39 is 5.97 Å². The fraction of sp³-hybridized carbons (Fsp3) is 0.481. The van der Waals surface area contributed by atoms with Crippen molar-refractivity contribution in [2.24, 2.45) is 0 Å². The van der Waals surface area contributed by atoms with Gasteiger partial charge in [-0.15, -0.1) is 0 Å². The van der Waals surface area contributed by atoms with Gasteiger partial charge in [-0.05, 0) is 74.0 Å². The van der Waals surface area contributed by atoms with Gasteiger partial charge in [0.25, 0.3) is 0 Å². The van der Waals surface area contributed by atoms with E-state index >= 15 is 0 Å². The second-order valence-electron chi connectivity index (χ2n) is 8.58. The van der Waals surface area contributed by atoms with Crippen LogP contribution in [0.2, 0.25) is 0 Å². The Labute approximate surface area is 213 Å². The number of nitrogens with zero attached hydrogens (tertiary/aromatic N) is 3. The molecule has 0 radical (unpaired) electrons. The van der Waals surface area contributed by atoms with E-state index in [4.69, 9.17) is 5.11 Å². The number of urea groups is 1. The fourth-order valence-electron chi connectivity index (χ4n) is 4.38. The van der Waals surface area contributed by atoms with Crippen molar-refractivity contribution in [2.45, 2.75) is 51.3 Å². The molecular formula is C27H38N4O3S. The molecule has 3 aliphatic rings. The maximum Gasteiger partial charge on any atom is 0.321 e. The molecule has 0 aromatic heterocycles. The number of rotatable bonds is 6. The zero-order valence-corrected chi connectivity index (χ0v) is 21.9. The Morgan fingerprint density at radius 3 is 2.63 bits per heavy atom. The van der Waals surface area contributed by atoms with Crippen molar-refractivity contribution >= 4 is 29.6 Å². The number of amides is 2. The number of hydrogen-bond donors (Lipinski definition) is 2. The van der Waals surface area contributed by atoms with E-state index in [1.165, 1.54) is 21.7 Å². The highest BCUT2D eigenvalue weighted by Gasteiger charge is 2.24. The molecule has 0 saturated carbocycles. The summed E-state index contributed by atoms with van der Waals surface area (Å²) in [6.45, 7) is 11.0. The Morgan fingerprint density at radius 1 is 1.11 bits per heavy atom. The van der Waals surface area contributed by atoms with Gasteiger partial charge in [-0.2, -0.15) is 0 Å². The fourth-order valence-corrected chi connectivity index (χ4v) is 5.35. The lowest BCUT2D eigenvalue weighted by atomic mass is 10.0. The van der Waals surface area contributed by atoms with Crippen LogP contribution in [0.4, 0.5) is 10.5 Å². The Hall–Kier alpha value is -2.71. The Kier molecular flexibility index (Phi) is 10.3. The first-order chi connectivity index (χ1) is 17.0. The van der Waals surface area contributed by atoms with Crippen LogP contribution in [0.1, 0.15) is 45.6 Å². The van der Waals surface area contributed by atoms with Crippen LogP contribution in [-0.4, -0.2) is 65.6 Å². The number of carboxylic acids is 1. The van der Waals surface area contributed by atoms with Gasteiger partial charge in [-0.3, -0.25) is 9.69 Å². The highest BCUT2D eigenvalue weighted by molar-refractivity contribution is 7.97. The van der Waals surface area contributed by atoms with E-state index in [1.807, 2.05) is 19.9 Å². The van der Waals surface area contributed by atoms with E-state index in [0.717, 1.165) is 51.1 Å². The summed E-state index contributed by atoms with van der Waals surface area (Å²) in [4.78, 5) is 28.6. The van der Waals surface area contributed by atoms with Gasteiger partial charge in [0, 0.05) is 55.5 Å². The molecule has 1 fully saturated rings. The number of piperazine rings is 1. The average Bonchev–Trinajstić information content (AvgIpc) is 3.09. The number of nitrogens with one attached hydrogen (secondary N) is 1. The summed E-state index contributed by atoms with van der Waals surface area (Å²) in [5.41, 5.74) is 4.74. The van der Waals surface area contributed by atoms with Gasteiger partial charge in [0.1, 0.15) is 0 Å². The number of benzene rings is 1. The average molecular weight is 499 g/mol. The van der Waals surface area contributed by atoms with E-state index in [9.17, 15) is 9.59 Å². The maximum absolute atomic E-state index is 12.5. The SMILES string of the molecule is CC.CC1=CCC=CC(N2CCN(Sc3ccc4c(c3)CCCN4C(=O)NCCC(=O)O)CC2)=C1. The number of carbonyl (C=O) groups is 2. The summed E-state index contributed by atoms with van der Waals surface area (Å²) in [5.74, 6) is -0.911. The van der Waals surface area contributed by atoms with Crippen LogP contribution >= 0.6 is 11.9 Å². The van der Waals surface area contributed by atoms with Gasteiger partial charge in [0.15, 0.2) is 0 Å². The first kappa shape index (κ1) is 26.9. The minimum atomic E-state index is -0.911. The third-order valence-corrected chi connectivity index (χ3v) is 7.20. The number of anilines is 1. The van der Waals surface area contributed by atoms with Crippen molar-refractivity contribution in [2.75, 3.05) is 44.2 Å². The van der Waals surface area contributed by atoms with E-state index in [1.54, 1.807) is 16.8 Å². The molecule has 2 heterocycles. The Bertz CT molecular complexity index is 981. The van der Waals surface area contributed by atoms with Gasteiger partial charge in [-0.25, -0.2) is 9.10 Å². The van der Waals surface area contributed by atoms with Crippen molar-refractivity contribution in [1.29, 1.82) is 0 Å². The molecule has 0 spiro atoms. The minimum absolute atomic E-state index is 0.0703. The van der Waals surface area contributed by atoms with Crippen LogP contribution in [0.3, 0.4) is 0 Å². The zero-order valence-electron chi connectivity index (χ0n) is 21.1. The molecular weight excluding hydrogens is 460 g/mol. The van der Waals surface area contributed by atoms with E-state index in [0.29, 0.717) is 6.54 Å². The topological polar surface area (TPSA) is 76.1 Å². The summed E-state index contributed by atoms with van der Waals surface area (Å²) in [6.07, 6.45) is 11.8. The number of fused-ring (bicyclic) bond motifs is 1. The maximum atomic E-state index is 12.5. The molecule has 7 nitrogen and oxygen atoms in total. The third kappa shape index (κ3) is 7.64. The molecule has 0 bridgehead atoms. The molecule has 0 unspecified atom stereocenters. The zero-order chi connectivity index (χ0) is 25.2. The second kappa shape index (κ2) is 13.4. The van der Waals surface area contributed by atoms with Gasteiger partial charge in [0.2, 0.25) is 0 Å². The van der Waals surface area contributed by atoms with Crippen LogP contribution in [-0.2, 0) is 11.2 Å². The largest absolute Gasteiger partial charge is 0.481 e. The minimum Gasteiger partial charge on any atom is -0.481 e. The molecule has 35 heavy (non-hydrogen) atoms. The highest BCUT2D eigenvalue weighted by atomic mass is 32.2. The molecule has 1 aliphatic carbocycles. The van der Waals surface area contributed by atoms with Gasteiger partial charge in [0.05, 0.1) is 6.42 Å². The second-order valence-corrected chi connectivity index (χ2v) is 9.75. The van der Waals surface area contributed by atoms with Crippen molar-refractivity contribution in [3.63, 3.8) is 0 Å². The summed E-state index contributed by atoms with van der Waals surface area (Å²) in [5, 5.41) is 11.5. The summed E-state index contributed by atoms with van der Waals surface area (Å²) in [7, 11) is 0. The molecule has 2 aliphatic heterocycles. The van der Waals surface area contributed by atoms with Crippen LogP contribution in [0.5, 0.6) is 0 Å². The van der Waals surface area contributed by atoms with Gasteiger partial charge in [-0.1, -0.05) is 31.6 Å². The summed E-state index contributed by atoms with van der Waals surface area (Å²) in [6, 6.07) is 6.10. The van der Waals surface area contributed by atoms with Crippen LogP contribution in [0.15, 0.2) is 58.7 Å². The smallest absolute Gasteiger partial charge is 0.321 e. The lowest BCUT2D eigenvalue weighted by molar-refractivity contribution is -0.136. The molecule has 8 heteroatoms. The Morgan fingerprint density at radius 2 is 1.89 bits per heavy atom. The standard InChI is InChI=1S/C25H32N4O3S.C2H6/c1-19-5-2-3-7-21(17-19)27-13-15-28(16-14-27)33-22-8-9-23-20(18-22)6-4-12-29(23)25(32)26-11-10-24(30)31;1-2/h3,5,7-9,17-18H,2,4,6,10-16H2,1H3,(H,26,32)(H,30,31);1-2H3. The third-order valence-electron chi connectivity index (χ3n) is 6.11. The van der Waals surface area contributed by atoms with Crippen molar-refractivity contribution < 1.29 is 14.7 Å². The number of aliphatic carboxylic acids is 1. The normalized spacial score (nSPS) is 17.9. The highest BCUT2D eigenvalue weighted by Crippen LogP contribution is 2.33. The molecule has 1 saturated heterocycles. The summed E-state index contributed by atoms with van der Waals surface area (Å²) < 4.78 is 2.42. The molecule has 1 aromatic carbocycles. The van der Waals surface area contributed by atoms with Crippen molar-refractivity contribution in [1.82, 2.24) is 14.5 Å². The van der Waals surface area contributed by atoms with Gasteiger partial charge >= 0.3 is 12.0 Å². The van der Waals surface area contributed by atoms with Crippen molar-refractivity contribution in [3.05, 3.63) is 59.3 Å². The number of allylic oxidation sites excluding steroid dienone is 5. The van der Waals surface area contributed by atoms with Crippen molar-refractivity contribution in [3.8, 4) is 0 Å². The predicted molar refractivity (Wildman–Crippen MR) is 144 cm³/mol. The van der Waals surface area contributed by atoms with Gasteiger partial charge < -0.3 is 15.3 Å². The van der Waals surface area contributed by atoms with Crippen LogP contribution in [0.25, 0.3) is 0 Å². The van der Waals surface area contributed by atoms with E-state index in [-0.39, 0.29) is 19.0 Å². The molecule has 4 rings (SSSR count).